The molecule has 0 unspecified atom stereocenters. The van der Waals surface area contributed by atoms with Crippen molar-refractivity contribution in [3.8, 4) is 0 Å². The Bertz CT molecular complexity index is 944. The van der Waals surface area contributed by atoms with E-state index in [1.807, 2.05) is 37.3 Å². The predicted octanol–water partition coefficient (Wildman–Crippen LogP) is 4.97. The van der Waals surface area contributed by atoms with E-state index in [1.54, 1.807) is 31.2 Å². The summed E-state index contributed by atoms with van der Waals surface area (Å²) in [7, 11) is 0. The van der Waals surface area contributed by atoms with Gasteiger partial charge in [-0.05, 0) is 55.8 Å². The first-order chi connectivity index (χ1) is 13.5. The largest absolute Gasteiger partial charge is 0.462 e. The van der Waals surface area contributed by atoms with Gasteiger partial charge in [-0.3, -0.25) is 0 Å². The molecule has 2 aromatic carbocycles. The summed E-state index contributed by atoms with van der Waals surface area (Å²) in [5, 5.41) is 7.16. The number of esters is 1. The molecule has 6 nitrogen and oxygen atoms in total. The van der Waals surface area contributed by atoms with Crippen molar-refractivity contribution in [2.45, 2.75) is 20.4 Å². The molecular formula is C21H21ClN4O2. The summed E-state index contributed by atoms with van der Waals surface area (Å²) in [6.07, 6.45) is 0. The number of nitrogens with one attached hydrogen (secondary N) is 2. The van der Waals surface area contributed by atoms with E-state index in [4.69, 9.17) is 16.3 Å². The summed E-state index contributed by atoms with van der Waals surface area (Å²) in [4.78, 5) is 20.6. The second-order valence-corrected chi connectivity index (χ2v) is 6.56. The highest BCUT2D eigenvalue weighted by Crippen LogP contribution is 2.18. The summed E-state index contributed by atoms with van der Waals surface area (Å²) in [6.45, 7) is 4.66. The molecule has 0 atom stereocenters. The van der Waals surface area contributed by atoms with Gasteiger partial charge in [0.1, 0.15) is 5.82 Å². The van der Waals surface area contributed by atoms with E-state index in [2.05, 4.69) is 20.6 Å². The van der Waals surface area contributed by atoms with E-state index < -0.39 is 0 Å². The molecule has 0 fully saturated rings. The van der Waals surface area contributed by atoms with Crippen LogP contribution >= 0.6 is 11.6 Å². The fraction of sp³-hybridized carbons (Fsp3) is 0.190. The quantitative estimate of drug-likeness (QED) is 0.549. The van der Waals surface area contributed by atoms with Crippen molar-refractivity contribution in [2.75, 3.05) is 17.2 Å². The molecule has 0 amide bonds. The van der Waals surface area contributed by atoms with Gasteiger partial charge >= 0.3 is 5.97 Å². The zero-order valence-electron chi connectivity index (χ0n) is 15.7. The van der Waals surface area contributed by atoms with Gasteiger partial charge in [-0.2, -0.15) is 4.98 Å². The summed E-state index contributed by atoms with van der Waals surface area (Å²) in [6, 6.07) is 16.5. The molecule has 1 aromatic heterocycles. The molecule has 3 aromatic rings. The van der Waals surface area contributed by atoms with Crippen LogP contribution in [0.15, 0.2) is 54.6 Å². The Labute approximate surface area is 168 Å². The van der Waals surface area contributed by atoms with Gasteiger partial charge in [0.05, 0.1) is 12.2 Å². The van der Waals surface area contributed by atoms with Crippen molar-refractivity contribution < 1.29 is 9.53 Å². The van der Waals surface area contributed by atoms with E-state index >= 15 is 0 Å². The van der Waals surface area contributed by atoms with Crippen LogP contribution in [-0.2, 0) is 11.3 Å². The number of carbonyl (C=O) groups excluding carboxylic acids is 1. The molecule has 0 saturated heterocycles. The molecule has 3 rings (SSSR count). The Balaban J connectivity index is 1.67. The van der Waals surface area contributed by atoms with Gasteiger partial charge in [-0.1, -0.05) is 23.7 Å². The van der Waals surface area contributed by atoms with Crippen LogP contribution in [0.1, 0.15) is 28.5 Å². The summed E-state index contributed by atoms with van der Waals surface area (Å²) in [5.74, 6) is 0.852. The Hall–Kier alpha value is -3.12. The van der Waals surface area contributed by atoms with E-state index in [1.165, 1.54) is 0 Å². The van der Waals surface area contributed by atoms with Gasteiger partial charge in [0, 0.05) is 29.0 Å². The molecule has 0 aliphatic heterocycles. The van der Waals surface area contributed by atoms with Gasteiger partial charge in [0.15, 0.2) is 0 Å². The second kappa shape index (κ2) is 9.19. The van der Waals surface area contributed by atoms with Crippen LogP contribution in [0.25, 0.3) is 0 Å². The van der Waals surface area contributed by atoms with E-state index in [-0.39, 0.29) is 5.97 Å². The lowest BCUT2D eigenvalue weighted by Gasteiger charge is -2.10. The first-order valence-electron chi connectivity index (χ1n) is 8.91. The number of aromatic nitrogens is 2. The maximum Gasteiger partial charge on any atom is 0.338 e. The van der Waals surface area contributed by atoms with Crippen molar-refractivity contribution in [1.29, 1.82) is 0 Å². The Morgan fingerprint density at radius 1 is 1.07 bits per heavy atom. The fourth-order valence-electron chi connectivity index (χ4n) is 2.54. The van der Waals surface area contributed by atoms with Crippen LogP contribution < -0.4 is 10.6 Å². The molecule has 7 heteroatoms. The Morgan fingerprint density at radius 2 is 1.79 bits per heavy atom. The van der Waals surface area contributed by atoms with Gasteiger partial charge in [0.25, 0.3) is 0 Å². The highest BCUT2D eigenvalue weighted by Gasteiger charge is 2.07. The summed E-state index contributed by atoms with van der Waals surface area (Å²) in [5.41, 5.74) is 3.22. The lowest BCUT2D eigenvalue weighted by molar-refractivity contribution is 0.0526. The van der Waals surface area contributed by atoms with Gasteiger partial charge in [-0.15, -0.1) is 0 Å². The van der Waals surface area contributed by atoms with Crippen LogP contribution in [0, 0.1) is 6.92 Å². The average molecular weight is 397 g/mol. The molecule has 0 spiro atoms. The van der Waals surface area contributed by atoms with Crippen molar-refractivity contribution >= 4 is 35.0 Å². The minimum Gasteiger partial charge on any atom is -0.462 e. The van der Waals surface area contributed by atoms with Crippen LogP contribution in [-0.4, -0.2) is 22.5 Å². The minimum atomic E-state index is -0.338. The average Bonchev–Trinajstić information content (AvgIpc) is 2.68. The topological polar surface area (TPSA) is 76.1 Å². The molecule has 0 saturated carbocycles. The maximum absolute atomic E-state index is 11.7. The number of hydrogen-bond donors (Lipinski definition) is 2. The lowest BCUT2D eigenvalue weighted by Crippen LogP contribution is -2.06. The van der Waals surface area contributed by atoms with Crippen molar-refractivity contribution in [1.82, 2.24) is 9.97 Å². The van der Waals surface area contributed by atoms with Crippen molar-refractivity contribution in [2.24, 2.45) is 0 Å². The molecular weight excluding hydrogens is 376 g/mol. The van der Waals surface area contributed by atoms with E-state index in [0.29, 0.717) is 35.5 Å². The number of halogens is 1. The Kier molecular flexibility index (Phi) is 6.45. The van der Waals surface area contributed by atoms with E-state index in [0.717, 1.165) is 16.9 Å². The third kappa shape index (κ3) is 5.44. The SMILES string of the molecule is CCOC(=O)c1ccc(Nc2nc(C)cc(NCc3ccc(Cl)cc3)n2)cc1. The summed E-state index contributed by atoms with van der Waals surface area (Å²) < 4.78 is 4.99. The smallest absolute Gasteiger partial charge is 0.338 e. The van der Waals surface area contributed by atoms with Gasteiger partial charge < -0.3 is 15.4 Å². The molecule has 0 aliphatic rings. The molecule has 2 N–H and O–H groups in total. The molecule has 0 bridgehead atoms. The lowest BCUT2D eigenvalue weighted by atomic mass is 10.2. The van der Waals surface area contributed by atoms with Crippen LogP contribution in [0.5, 0.6) is 0 Å². The number of rotatable bonds is 7. The molecule has 144 valence electrons. The summed E-state index contributed by atoms with van der Waals surface area (Å²) >= 11 is 5.92. The number of aryl methyl sites for hydroxylation is 1. The van der Waals surface area contributed by atoms with Gasteiger partial charge in [-0.25, -0.2) is 9.78 Å². The van der Waals surface area contributed by atoms with Gasteiger partial charge in [0.2, 0.25) is 5.95 Å². The number of carbonyl (C=O) groups is 1. The number of ether oxygens (including phenoxy) is 1. The fourth-order valence-corrected chi connectivity index (χ4v) is 2.67. The zero-order valence-corrected chi connectivity index (χ0v) is 16.5. The first-order valence-corrected chi connectivity index (χ1v) is 9.29. The highest BCUT2D eigenvalue weighted by atomic mass is 35.5. The number of benzene rings is 2. The van der Waals surface area contributed by atoms with Crippen LogP contribution in [0.3, 0.4) is 0 Å². The maximum atomic E-state index is 11.7. The standard InChI is InChI=1S/C21H21ClN4O2/c1-3-28-20(27)16-6-10-18(11-7-16)25-21-24-14(2)12-19(26-21)23-13-15-4-8-17(22)9-5-15/h4-12H,3,13H2,1-2H3,(H2,23,24,25,26). The molecule has 1 heterocycles. The first kappa shape index (κ1) is 19.6. The number of anilines is 3. The number of hydrogen-bond acceptors (Lipinski definition) is 6. The van der Waals surface area contributed by atoms with Crippen LogP contribution in [0.2, 0.25) is 5.02 Å². The predicted molar refractivity (Wildman–Crippen MR) is 111 cm³/mol. The third-order valence-electron chi connectivity index (χ3n) is 3.89. The molecule has 0 aliphatic carbocycles. The monoisotopic (exact) mass is 396 g/mol. The van der Waals surface area contributed by atoms with E-state index in [9.17, 15) is 4.79 Å². The minimum absolute atomic E-state index is 0.338. The third-order valence-corrected chi connectivity index (χ3v) is 4.15. The van der Waals surface area contributed by atoms with Crippen molar-refractivity contribution in [3.05, 3.63) is 76.4 Å². The zero-order chi connectivity index (χ0) is 19.9. The second-order valence-electron chi connectivity index (χ2n) is 6.12. The molecule has 0 radical (unpaired) electrons. The normalized spacial score (nSPS) is 10.4. The van der Waals surface area contributed by atoms with Crippen molar-refractivity contribution in [3.63, 3.8) is 0 Å². The highest BCUT2D eigenvalue weighted by molar-refractivity contribution is 6.30. The Morgan fingerprint density at radius 3 is 2.46 bits per heavy atom. The van der Waals surface area contributed by atoms with Crippen LogP contribution in [0.4, 0.5) is 17.5 Å². The number of nitrogens with zero attached hydrogens (tertiary/aromatic N) is 2. The molecule has 28 heavy (non-hydrogen) atoms.